The van der Waals surface area contributed by atoms with Crippen molar-refractivity contribution in [2.75, 3.05) is 0 Å². The highest BCUT2D eigenvalue weighted by molar-refractivity contribution is 6.46. The van der Waals surface area contributed by atoms with Crippen molar-refractivity contribution in [1.82, 2.24) is 9.97 Å². The van der Waals surface area contributed by atoms with Crippen molar-refractivity contribution in [3.8, 4) is 11.4 Å². The average molecular weight is 341 g/mol. The molecule has 0 aliphatic carbocycles. The van der Waals surface area contributed by atoms with Gasteiger partial charge in [-0.2, -0.15) is 0 Å². The molecule has 24 heavy (non-hydrogen) atoms. The minimum absolute atomic E-state index is 0.0123. The van der Waals surface area contributed by atoms with Gasteiger partial charge in [0, 0.05) is 12.4 Å². The molecule has 2 radical (unpaired) electrons. The lowest BCUT2D eigenvalue weighted by molar-refractivity contribution is 0.00845. The first kappa shape index (κ1) is 18.8. The molecule has 0 amide bonds. The minimum atomic E-state index is -0.0123. The highest BCUT2D eigenvalue weighted by Crippen LogP contribution is 2.32. The summed E-state index contributed by atoms with van der Waals surface area (Å²) in [6, 6.07) is 10.0. The number of nitrogens with zero attached hydrogens (tertiary/aromatic N) is 2. The van der Waals surface area contributed by atoms with E-state index < -0.39 is 0 Å². The van der Waals surface area contributed by atoms with E-state index in [1.54, 1.807) is 6.20 Å². The lowest BCUT2D eigenvalue weighted by atomic mass is 9.82. The molecule has 3 nitrogen and oxygen atoms in total. The van der Waals surface area contributed by atoms with Gasteiger partial charge in [0.05, 0.1) is 17.0 Å². The van der Waals surface area contributed by atoms with Gasteiger partial charge < -0.3 is 4.43 Å². The average Bonchev–Trinajstić information content (AvgIpc) is 2.61. The molecule has 128 valence electrons. The van der Waals surface area contributed by atoms with Gasteiger partial charge in [0.2, 0.25) is 0 Å². The third kappa shape index (κ3) is 4.74. The zero-order chi connectivity index (χ0) is 17.4. The van der Waals surface area contributed by atoms with Crippen LogP contribution < -0.4 is 5.19 Å². The molecule has 0 aromatic carbocycles. The molecule has 0 spiro atoms. The Morgan fingerprint density at radius 1 is 1.00 bits per heavy atom. The van der Waals surface area contributed by atoms with E-state index in [9.17, 15) is 0 Å². The van der Waals surface area contributed by atoms with Crippen LogP contribution in [0.25, 0.3) is 11.4 Å². The first-order valence-corrected chi connectivity index (χ1v) is 9.83. The summed E-state index contributed by atoms with van der Waals surface area (Å²) in [4.78, 5) is 8.90. The predicted molar refractivity (Wildman–Crippen MR) is 101 cm³/mol. The zero-order valence-corrected chi connectivity index (χ0v) is 16.2. The summed E-state index contributed by atoms with van der Waals surface area (Å²) in [5, 5.41) is 1.15. The fraction of sp³-hybridized carbons (Fsp3) is 0.500. The van der Waals surface area contributed by atoms with Crippen LogP contribution in [0, 0.1) is 5.92 Å². The second-order valence-corrected chi connectivity index (χ2v) is 7.56. The normalized spacial score (nSPS) is 11.9. The molecule has 0 aliphatic rings. The summed E-state index contributed by atoms with van der Waals surface area (Å²) in [6.45, 7) is 9.03. The maximum Gasteiger partial charge on any atom is 0.271 e. The van der Waals surface area contributed by atoms with Crippen molar-refractivity contribution in [1.29, 1.82) is 0 Å². The molecule has 4 heteroatoms. The number of rotatable bonds is 9. The lowest BCUT2D eigenvalue weighted by Crippen LogP contribution is -2.42. The van der Waals surface area contributed by atoms with Gasteiger partial charge in [-0.05, 0) is 42.1 Å². The van der Waals surface area contributed by atoms with E-state index in [0.29, 0.717) is 15.7 Å². The maximum atomic E-state index is 6.48. The van der Waals surface area contributed by atoms with Gasteiger partial charge in [-0.3, -0.25) is 9.97 Å². The van der Waals surface area contributed by atoms with Crippen LogP contribution >= 0.6 is 0 Å². The fourth-order valence-electron chi connectivity index (χ4n) is 3.05. The van der Waals surface area contributed by atoms with Crippen LogP contribution in [0.4, 0.5) is 0 Å². The molecule has 2 aromatic heterocycles. The van der Waals surface area contributed by atoms with Crippen LogP contribution in [-0.2, 0) is 4.43 Å². The van der Waals surface area contributed by atoms with Gasteiger partial charge in [0.25, 0.3) is 9.76 Å². The SMILES string of the molecule is CCCC(CCC)(O[Si]c1ccc(-c2ccccn2)nc1)C(C)C. The molecular weight excluding hydrogens is 312 g/mol. The Kier molecular flexibility index (Phi) is 7.12. The van der Waals surface area contributed by atoms with Crippen LogP contribution in [0.5, 0.6) is 0 Å². The van der Waals surface area contributed by atoms with Crippen LogP contribution in [0.15, 0.2) is 42.7 Å². The van der Waals surface area contributed by atoms with Crippen molar-refractivity contribution < 1.29 is 4.43 Å². The lowest BCUT2D eigenvalue weighted by Gasteiger charge is -2.38. The molecule has 0 unspecified atom stereocenters. The second-order valence-electron chi connectivity index (χ2n) is 6.57. The zero-order valence-electron chi connectivity index (χ0n) is 15.2. The Labute approximate surface area is 148 Å². The summed E-state index contributed by atoms with van der Waals surface area (Å²) in [7, 11) is 0.339. The molecule has 0 atom stereocenters. The Balaban J connectivity index is 2.07. The molecule has 0 bridgehead atoms. The Hall–Kier alpha value is -1.52. The van der Waals surface area contributed by atoms with Gasteiger partial charge >= 0.3 is 0 Å². The number of hydrogen-bond donors (Lipinski definition) is 0. The number of hydrogen-bond acceptors (Lipinski definition) is 3. The van der Waals surface area contributed by atoms with Gasteiger partial charge in [-0.1, -0.05) is 52.7 Å². The first-order valence-electron chi connectivity index (χ1n) is 8.92. The molecule has 0 fully saturated rings. The highest BCUT2D eigenvalue weighted by atomic mass is 28.2. The van der Waals surface area contributed by atoms with Crippen LogP contribution in [0.2, 0.25) is 0 Å². The molecule has 2 aromatic rings. The molecule has 0 N–H and O–H groups in total. The van der Waals surface area contributed by atoms with Crippen molar-refractivity contribution in [2.24, 2.45) is 5.92 Å². The van der Waals surface area contributed by atoms with Crippen molar-refractivity contribution in [2.45, 2.75) is 59.0 Å². The van der Waals surface area contributed by atoms with E-state index in [1.165, 1.54) is 0 Å². The summed E-state index contributed by atoms with van der Waals surface area (Å²) in [5.74, 6) is 0.519. The summed E-state index contributed by atoms with van der Waals surface area (Å²) >= 11 is 0. The molecule has 2 heterocycles. The third-order valence-electron chi connectivity index (χ3n) is 4.46. The van der Waals surface area contributed by atoms with Gasteiger partial charge in [0.1, 0.15) is 0 Å². The van der Waals surface area contributed by atoms with Crippen molar-refractivity contribution in [3.63, 3.8) is 0 Å². The van der Waals surface area contributed by atoms with E-state index in [1.807, 2.05) is 30.5 Å². The van der Waals surface area contributed by atoms with E-state index in [2.05, 4.69) is 43.7 Å². The summed E-state index contributed by atoms with van der Waals surface area (Å²) < 4.78 is 6.48. The van der Waals surface area contributed by atoms with Crippen molar-refractivity contribution >= 4 is 14.9 Å². The van der Waals surface area contributed by atoms with E-state index in [4.69, 9.17) is 4.43 Å². The number of pyridine rings is 2. The third-order valence-corrected chi connectivity index (χ3v) is 5.50. The minimum Gasteiger partial charge on any atom is -0.406 e. The standard InChI is InChI=1S/C20H28N2OSi/c1-5-12-20(13-6-2,16(3)4)23-24-17-10-11-19(22-15-17)18-9-7-8-14-21-18/h7-11,14-16H,5-6,12-13H2,1-4H3. The topological polar surface area (TPSA) is 35.0 Å². The van der Waals surface area contributed by atoms with Gasteiger partial charge in [0.15, 0.2) is 0 Å². The second kappa shape index (κ2) is 9.09. The molecule has 0 saturated heterocycles. The maximum absolute atomic E-state index is 6.48. The van der Waals surface area contributed by atoms with Crippen LogP contribution in [0.3, 0.4) is 0 Å². The monoisotopic (exact) mass is 340 g/mol. The quantitative estimate of drug-likeness (QED) is 0.635. The summed E-state index contributed by atoms with van der Waals surface area (Å²) in [6.07, 6.45) is 8.25. The molecule has 0 aliphatic heterocycles. The van der Waals surface area contributed by atoms with E-state index >= 15 is 0 Å². The van der Waals surface area contributed by atoms with Crippen LogP contribution in [-0.4, -0.2) is 25.3 Å². The van der Waals surface area contributed by atoms with E-state index in [0.717, 1.165) is 42.3 Å². The van der Waals surface area contributed by atoms with Crippen LogP contribution in [0.1, 0.15) is 53.4 Å². The highest BCUT2D eigenvalue weighted by Gasteiger charge is 2.32. The Morgan fingerprint density at radius 3 is 2.21 bits per heavy atom. The van der Waals surface area contributed by atoms with Gasteiger partial charge in [-0.15, -0.1) is 0 Å². The number of aromatic nitrogens is 2. The Morgan fingerprint density at radius 2 is 1.71 bits per heavy atom. The summed E-state index contributed by atoms with van der Waals surface area (Å²) in [5.41, 5.74) is 1.80. The van der Waals surface area contributed by atoms with Crippen molar-refractivity contribution in [3.05, 3.63) is 42.7 Å². The Bertz CT molecular complexity index is 593. The molecular formula is C20H28N2OSi. The smallest absolute Gasteiger partial charge is 0.271 e. The fourth-order valence-corrected chi connectivity index (χ4v) is 4.08. The largest absolute Gasteiger partial charge is 0.406 e. The first-order chi connectivity index (χ1) is 11.6. The van der Waals surface area contributed by atoms with Gasteiger partial charge in [-0.25, -0.2) is 0 Å². The van der Waals surface area contributed by atoms with E-state index in [-0.39, 0.29) is 5.60 Å². The molecule has 0 saturated carbocycles. The molecule has 2 rings (SSSR count). The predicted octanol–water partition coefficient (Wildman–Crippen LogP) is 4.40.